The number of nitrogens with one attached hydrogen (secondary N) is 9. The number of nitrogens with zero attached hydrogens (tertiary/aromatic N) is 15. The Bertz CT molecular complexity index is 6590. The molecule has 136 heavy (non-hydrogen) atoms. The van der Waals surface area contributed by atoms with E-state index in [9.17, 15) is 54.0 Å². The number of aromatic nitrogens is 9. The first-order valence-corrected chi connectivity index (χ1v) is 47.3. The molecule has 12 amide bonds. The maximum atomic E-state index is 13.4. The van der Waals surface area contributed by atoms with Gasteiger partial charge >= 0.3 is 66.8 Å². The number of anilines is 6. The lowest BCUT2D eigenvalue weighted by atomic mass is 9.92. The number of benzene rings is 7. The molecule has 0 saturated carbocycles. The summed E-state index contributed by atoms with van der Waals surface area (Å²) in [6.07, 6.45) is 12.8. The number of carbonyl (C=O) groups is 6. The van der Waals surface area contributed by atoms with E-state index in [4.69, 9.17) is 29.5 Å². The minimum Gasteiger partial charge on any atom is -0.493 e. The Morgan fingerprint density at radius 2 is 0.684 bits per heavy atom. The number of hydrogen-bond acceptors (Lipinski definition) is 21. The van der Waals surface area contributed by atoms with Gasteiger partial charge in [-0.25, -0.2) is 72.0 Å². The van der Waals surface area contributed by atoms with Crippen molar-refractivity contribution >= 4 is 112 Å². The monoisotopic (exact) mass is 1900 g/mol. The summed E-state index contributed by atoms with van der Waals surface area (Å²) in [6, 6.07) is 60.3. The van der Waals surface area contributed by atoms with E-state index in [1.165, 1.54) is 21.1 Å². The van der Waals surface area contributed by atoms with Gasteiger partial charge in [-0.2, -0.15) is 40.5 Å². The van der Waals surface area contributed by atoms with Gasteiger partial charge in [-0.15, -0.1) is 0 Å². The second-order valence-electron chi connectivity index (χ2n) is 34.8. The van der Waals surface area contributed by atoms with Gasteiger partial charge in [-0.05, 0) is 155 Å². The molecule has 708 valence electrons. The first-order chi connectivity index (χ1) is 64.7. The van der Waals surface area contributed by atoms with Crippen molar-refractivity contribution in [3.63, 3.8) is 0 Å². The Kier molecular flexibility index (Phi) is 29.1. The molecule has 3 saturated heterocycles. The Balaban J connectivity index is 0.000000163. The van der Waals surface area contributed by atoms with E-state index in [1.807, 2.05) is 180 Å². The molecule has 0 radical (unpaired) electrons. The zero-order valence-electron chi connectivity index (χ0n) is 76.6. The predicted octanol–water partition coefficient (Wildman–Crippen LogP) is 14.5. The average molecular weight is 1910 g/mol. The summed E-state index contributed by atoms with van der Waals surface area (Å²) in [7, 11) is -7.71. The van der Waals surface area contributed by atoms with Gasteiger partial charge in [0.1, 0.15) is 34.7 Å². The van der Waals surface area contributed by atoms with Crippen molar-refractivity contribution in [1.29, 1.82) is 0 Å². The highest BCUT2D eigenvalue weighted by molar-refractivity contribution is 7.88. The van der Waals surface area contributed by atoms with Gasteiger partial charge in [0.05, 0.1) is 79.3 Å². The fourth-order valence-electron chi connectivity index (χ4n) is 13.9. The van der Waals surface area contributed by atoms with Crippen LogP contribution in [-0.2, 0) is 85.8 Å². The lowest BCUT2D eigenvalue weighted by Crippen LogP contribution is -2.36. The largest absolute Gasteiger partial charge is 0.493 e. The Morgan fingerprint density at radius 3 is 1.01 bits per heavy atom. The molecule has 0 bridgehead atoms. The number of hydrazine groups is 3. The molecule has 3 fully saturated rings. The number of urea groups is 6. The highest BCUT2D eigenvalue weighted by Crippen LogP contribution is 2.36. The van der Waals surface area contributed by atoms with E-state index < -0.39 is 66.8 Å². The van der Waals surface area contributed by atoms with Crippen LogP contribution in [0.5, 0.6) is 17.2 Å². The zero-order valence-corrected chi connectivity index (χ0v) is 79.0. The van der Waals surface area contributed by atoms with Crippen molar-refractivity contribution < 1.29 is 68.2 Å². The number of pyridine rings is 3. The van der Waals surface area contributed by atoms with Crippen LogP contribution >= 0.6 is 0 Å². The average Bonchev–Trinajstić information content (AvgIpc) is 1.34. The molecule has 13 aromatic rings. The molecule has 42 heteroatoms. The summed E-state index contributed by atoms with van der Waals surface area (Å²) < 4.78 is 105. The van der Waals surface area contributed by atoms with Crippen molar-refractivity contribution in [1.82, 2.24) is 86.7 Å². The lowest BCUT2D eigenvalue weighted by Gasteiger charge is -2.20. The molecule has 0 atom stereocenters. The summed E-state index contributed by atoms with van der Waals surface area (Å²) in [6.45, 7) is 19.6. The number of hydrogen-bond donors (Lipinski definition) is 9. The molecule has 7 aromatic carbocycles. The van der Waals surface area contributed by atoms with E-state index in [0.717, 1.165) is 85.7 Å². The van der Waals surface area contributed by atoms with E-state index in [1.54, 1.807) is 160 Å². The number of amides is 12. The van der Waals surface area contributed by atoms with Gasteiger partial charge < -0.3 is 30.2 Å². The molecule has 16 rings (SSSR count). The molecule has 3 aliphatic heterocycles. The predicted molar refractivity (Wildman–Crippen MR) is 514 cm³/mol. The van der Waals surface area contributed by atoms with E-state index in [-0.39, 0.29) is 35.9 Å². The third-order valence-corrected chi connectivity index (χ3v) is 25.6. The summed E-state index contributed by atoms with van der Waals surface area (Å²) in [5.74, 6) is 3.45. The molecular weight excluding hydrogens is 1800 g/mol. The third-order valence-electron chi connectivity index (χ3n) is 21.5. The fraction of sp³-hybridized carbons (Fsp3) is 0.255. The van der Waals surface area contributed by atoms with Crippen LogP contribution in [0.15, 0.2) is 250 Å². The van der Waals surface area contributed by atoms with Crippen LogP contribution in [0.3, 0.4) is 0 Å². The topological polar surface area (TPSA) is 452 Å². The molecule has 39 nitrogen and oxygen atoms in total. The highest BCUT2D eigenvalue weighted by Gasteiger charge is 2.42. The van der Waals surface area contributed by atoms with Gasteiger partial charge in [0.25, 0.3) is 0 Å². The van der Waals surface area contributed by atoms with Crippen LogP contribution in [0.25, 0.3) is 27.8 Å². The van der Waals surface area contributed by atoms with Crippen molar-refractivity contribution in [2.24, 2.45) is 0 Å². The smallest absolute Gasteiger partial charge is 0.347 e. The number of fused-ring (bicyclic) bond motifs is 1. The minimum atomic E-state index is -3.96. The lowest BCUT2D eigenvalue weighted by molar-refractivity contribution is 0.132. The standard InChI is InChI=1S/C34H36N8O5S.2C30H34N8O5S/c1-34(2,3)30-20-31(42(38-30)25-13-11-24(12-14-25)22-41-40(4)33(44)39-48(41,45)46)37-32(43)36-28-15-16-29(27-10-6-5-9-26(27)28)47-19-17-23-8-7-18-35-21-23;1-30(2,3)26-19-27(33-28(39)32-23-7-11-25(12-8-23)43-18-15-21-13-16-31-17-14-21)38(34-26)24-9-5-22(6-10-24)20-37-36(4)29(40)35-44(37,41)42;1-30(2,3)26-18-27(33-28(39)32-23-9-13-25(14-10-23)43-17-15-21-6-5-16-31-19-21)38(34-26)24-11-7-22(8-12-24)20-37-36(4)29(40)35-44(37,41)42/h5-16,18,20-21H,17,19,22H2,1-4H3,(H,39,44)(H2,36,37,43);5-14,16-17,19H,15,18,20H2,1-4H3,(H,35,40)(H2,32,33,39);5-14,16,18-19H,15,17,20H2,1-4H3,(H,35,40)(H2,32,33,39). The van der Waals surface area contributed by atoms with Gasteiger partial charge in [0.2, 0.25) is 0 Å². The maximum absolute atomic E-state index is 13.4. The van der Waals surface area contributed by atoms with E-state index in [0.29, 0.717) is 112 Å². The maximum Gasteiger partial charge on any atom is 0.347 e. The van der Waals surface area contributed by atoms with Crippen LogP contribution in [0.2, 0.25) is 0 Å². The van der Waals surface area contributed by atoms with E-state index in [2.05, 4.69) is 46.9 Å². The third kappa shape index (κ3) is 24.4. The summed E-state index contributed by atoms with van der Waals surface area (Å²) in [5.41, 5.74) is 10.4. The first-order valence-electron chi connectivity index (χ1n) is 43.0. The highest BCUT2D eigenvalue weighted by atomic mass is 32.2. The van der Waals surface area contributed by atoms with Crippen molar-refractivity contribution in [3.8, 4) is 34.3 Å². The van der Waals surface area contributed by atoms with Crippen LogP contribution in [-0.4, -0.2) is 175 Å². The molecule has 0 spiro atoms. The van der Waals surface area contributed by atoms with Crippen molar-refractivity contribution in [2.45, 2.75) is 117 Å². The molecule has 0 unspecified atom stereocenters. The SMILES string of the molecule is CN1C(=O)NS(=O)(=O)N1Cc1ccc(-n2nc(C(C)(C)C)cc2NC(=O)Nc2ccc(OCCc3cccnc3)c3ccccc23)cc1.CN1C(=O)NS(=O)(=O)N1Cc1ccc(-n2nc(C(C)(C)C)cc2NC(=O)Nc2ccc(OCCc3cccnc3)cc2)cc1.CN1C(=O)NS(=O)(=O)N1Cc1ccc(-n2nc(C(C)(C)C)cc2NC(=O)Nc2ccc(OCCc3ccncc3)cc2)cc1. The van der Waals surface area contributed by atoms with Gasteiger partial charge in [-0.3, -0.25) is 30.9 Å². The van der Waals surface area contributed by atoms with Crippen LogP contribution < -0.4 is 60.3 Å². The minimum absolute atomic E-state index is 0.0354. The van der Waals surface area contributed by atoms with Gasteiger partial charge in [0, 0.05) is 134 Å². The zero-order chi connectivity index (χ0) is 97.0. The fourth-order valence-corrected chi connectivity index (χ4v) is 17.5. The van der Waals surface area contributed by atoms with Crippen LogP contribution in [0, 0.1) is 0 Å². The molecule has 9 heterocycles. The van der Waals surface area contributed by atoms with E-state index >= 15 is 0 Å². The summed E-state index contributed by atoms with van der Waals surface area (Å²) in [4.78, 5) is 87.2. The second kappa shape index (κ2) is 41.0. The Hall–Kier alpha value is -15.4. The molecule has 6 aromatic heterocycles. The molecule has 3 aliphatic rings. The molecule has 0 aliphatic carbocycles. The van der Waals surface area contributed by atoms with Gasteiger partial charge in [0.15, 0.2) is 0 Å². The number of carbonyl (C=O) groups excluding carboxylic acids is 6. The van der Waals surface area contributed by atoms with Gasteiger partial charge in [-0.1, -0.05) is 148 Å². The van der Waals surface area contributed by atoms with Crippen LogP contribution in [0.1, 0.15) is 113 Å². The summed E-state index contributed by atoms with van der Waals surface area (Å²) in [5, 5.41) is 36.4. The quantitative estimate of drug-likeness (QED) is 0.0231. The summed E-state index contributed by atoms with van der Waals surface area (Å²) >= 11 is 0. The van der Waals surface area contributed by atoms with Crippen LogP contribution in [0.4, 0.5) is 63.3 Å². The normalized spacial score (nSPS) is 14.7. The first kappa shape index (κ1) is 96.7. The molecule has 9 N–H and O–H groups in total. The number of rotatable bonds is 27. The molecular formula is C94H104N24O15S3. The van der Waals surface area contributed by atoms with Crippen molar-refractivity contribution in [2.75, 3.05) is 72.9 Å². The Labute approximate surface area is 787 Å². The Morgan fingerprint density at radius 1 is 0.346 bits per heavy atom. The van der Waals surface area contributed by atoms with Crippen molar-refractivity contribution in [3.05, 3.63) is 300 Å². The second-order valence-corrected chi connectivity index (χ2v) is 39.5. The number of ether oxygens (including phenoxy) is 3.